The van der Waals surface area contributed by atoms with E-state index >= 15 is 0 Å². The van der Waals surface area contributed by atoms with E-state index in [4.69, 9.17) is 10.5 Å². The van der Waals surface area contributed by atoms with Crippen molar-refractivity contribution in [3.05, 3.63) is 29.6 Å². The number of halogens is 4. The van der Waals surface area contributed by atoms with Gasteiger partial charge in [0.05, 0.1) is 6.61 Å². The predicted octanol–water partition coefficient (Wildman–Crippen LogP) is 2.76. The van der Waals surface area contributed by atoms with E-state index in [0.29, 0.717) is 5.56 Å². The minimum atomic E-state index is -4.68. The van der Waals surface area contributed by atoms with Crippen molar-refractivity contribution in [3.63, 3.8) is 0 Å². The average Bonchev–Trinajstić information content (AvgIpc) is 2.24. The average molecular weight is 267 g/mol. The number of hydrogen-bond acceptors (Lipinski definition) is 3. The highest BCUT2D eigenvalue weighted by Gasteiger charge is 2.28. The molecule has 7 heteroatoms. The molecule has 0 aliphatic rings. The van der Waals surface area contributed by atoms with Crippen molar-refractivity contribution in [2.75, 3.05) is 13.2 Å². The van der Waals surface area contributed by atoms with Crippen molar-refractivity contribution < 1.29 is 27.0 Å². The lowest BCUT2D eigenvalue weighted by atomic mass is 10.1. The first-order valence-corrected chi connectivity index (χ1v) is 5.18. The molecule has 0 aliphatic carbocycles. The second-order valence-corrected chi connectivity index (χ2v) is 3.61. The van der Waals surface area contributed by atoms with Crippen LogP contribution in [0.3, 0.4) is 0 Å². The number of hydrogen-bond donors (Lipinski definition) is 1. The maximum absolute atomic E-state index is 13.0. The number of alkyl halides is 3. The summed E-state index contributed by atoms with van der Waals surface area (Å²) in [6.07, 6.45) is -4.68. The first-order valence-electron chi connectivity index (χ1n) is 5.18. The van der Waals surface area contributed by atoms with E-state index in [1.807, 2.05) is 0 Å². The Bertz CT molecular complexity index is 393. The molecule has 1 rings (SSSR count). The Balaban J connectivity index is 2.57. The minimum absolute atomic E-state index is 0.247. The molecule has 0 heterocycles. The summed E-state index contributed by atoms with van der Waals surface area (Å²) in [5, 5.41) is 0. The van der Waals surface area contributed by atoms with Crippen LogP contribution in [0.4, 0.5) is 17.6 Å². The molecule has 0 radical (unpaired) electrons. The zero-order chi connectivity index (χ0) is 13.8. The molecule has 1 aromatic rings. The van der Waals surface area contributed by atoms with E-state index in [2.05, 4.69) is 4.74 Å². The minimum Gasteiger partial charge on any atom is -0.491 e. The van der Waals surface area contributed by atoms with Crippen molar-refractivity contribution in [1.82, 2.24) is 0 Å². The van der Waals surface area contributed by atoms with Crippen LogP contribution in [0.2, 0.25) is 0 Å². The molecule has 0 bridgehead atoms. The standard InChI is InChI=1S/C11H13F4NO2/c1-7(16)9-6-8(12)2-3-10(9)17-4-5-18-11(13,14)15/h2-3,6-7H,4-5,16H2,1H3/t7-/m0/s1. The molecule has 1 atom stereocenters. The number of nitrogens with two attached hydrogens (primary N) is 1. The van der Waals surface area contributed by atoms with Crippen molar-refractivity contribution >= 4 is 0 Å². The summed E-state index contributed by atoms with van der Waals surface area (Å²) in [5.41, 5.74) is 5.99. The van der Waals surface area contributed by atoms with Crippen molar-refractivity contribution in [3.8, 4) is 5.75 Å². The summed E-state index contributed by atoms with van der Waals surface area (Å²) in [6, 6.07) is 3.16. The first kappa shape index (κ1) is 14.7. The highest BCUT2D eigenvalue weighted by Crippen LogP contribution is 2.25. The van der Waals surface area contributed by atoms with Gasteiger partial charge in [0, 0.05) is 11.6 Å². The lowest BCUT2D eigenvalue weighted by Gasteiger charge is -2.14. The fourth-order valence-corrected chi connectivity index (χ4v) is 1.32. The molecule has 0 spiro atoms. The molecular weight excluding hydrogens is 254 g/mol. The lowest BCUT2D eigenvalue weighted by molar-refractivity contribution is -0.325. The van der Waals surface area contributed by atoms with Gasteiger partial charge in [-0.15, -0.1) is 13.2 Å². The summed E-state index contributed by atoms with van der Waals surface area (Å²) >= 11 is 0. The van der Waals surface area contributed by atoms with Gasteiger partial charge in [0.25, 0.3) is 0 Å². The fraction of sp³-hybridized carbons (Fsp3) is 0.455. The largest absolute Gasteiger partial charge is 0.522 e. The summed E-state index contributed by atoms with van der Waals surface area (Å²) in [7, 11) is 0. The van der Waals surface area contributed by atoms with Gasteiger partial charge in [0.1, 0.15) is 18.2 Å². The van der Waals surface area contributed by atoms with Gasteiger partial charge in [-0.2, -0.15) is 0 Å². The van der Waals surface area contributed by atoms with Crippen LogP contribution in [0.15, 0.2) is 18.2 Å². The van der Waals surface area contributed by atoms with E-state index in [0.717, 1.165) is 6.07 Å². The molecule has 0 aliphatic heterocycles. The monoisotopic (exact) mass is 267 g/mol. The molecular formula is C11H13F4NO2. The van der Waals surface area contributed by atoms with E-state index < -0.39 is 24.8 Å². The van der Waals surface area contributed by atoms with Crippen LogP contribution in [0, 0.1) is 5.82 Å². The van der Waals surface area contributed by atoms with Gasteiger partial charge in [-0.25, -0.2) is 4.39 Å². The van der Waals surface area contributed by atoms with Crippen molar-refractivity contribution in [1.29, 1.82) is 0 Å². The molecule has 3 nitrogen and oxygen atoms in total. The van der Waals surface area contributed by atoms with Crippen LogP contribution < -0.4 is 10.5 Å². The lowest BCUT2D eigenvalue weighted by Crippen LogP contribution is -2.18. The second-order valence-electron chi connectivity index (χ2n) is 3.61. The maximum atomic E-state index is 13.0. The van der Waals surface area contributed by atoms with Crippen molar-refractivity contribution in [2.45, 2.75) is 19.3 Å². The van der Waals surface area contributed by atoms with Crippen LogP contribution in [0.25, 0.3) is 0 Å². The summed E-state index contributed by atoms with van der Waals surface area (Å²) in [5.74, 6) is -0.238. The Morgan fingerprint density at radius 2 is 1.94 bits per heavy atom. The Morgan fingerprint density at radius 1 is 1.28 bits per heavy atom. The van der Waals surface area contributed by atoms with Crippen molar-refractivity contribution in [2.24, 2.45) is 5.73 Å². The maximum Gasteiger partial charge on any atom is 0.522 e. The van der Waals surface area contributed by atoms with Gasteiger partial charge in [-0.3, -0.25) is 4.74 Å². The van der Waals surface area contributed by atoms with Gasteiger partial charge in [0.15, 0.2) is 0 Å². The molecule has 0 saturated heterocycles. The summed E-state index contributed by atoms with van der Waals surface area (Å²) < 4.78 is 56.7. The Labute approximate surface area is 101 Å². The SMILES string of the molecule is C[C@H](N)c1cc(F)ccc1OCCOC(F)(F)F. The van der Waals surface area contributed by atoms with E-state index in [9.17, 15) is 17.6 Å². The Kier molecular flexibility index (Phi) is 4.92. The zero-order valence-electron chi connectivity index (χ0n) is 9.63. The molecule has 0 fully saturated rings. The highest BCUT2D eigenvalue weighted by molar-refractivity contribution is 5.36. The van der Waals surface area contributed by atoms with E-state index in [-0.39, 0.29) is 12.4 Å². The third-order valence-corrected chi connectivity index (χ3v) is 2.07. The molecule has 1 aromatic carbocycles. The van der Waals surface area contributed by atoms with Gasteiger partial charge < -0.3 is 10.5 Å². The smallest absolute Gasteiger partial charge is 0.491 e. The number of ether oxygens (including phenoxy) is 2. The third-order valence-electron chi connectivity index (χ3n) is 2.07. The van der Waals surface area contributed by atoms with Crippen LogP contribution >= 0.6 is 0 Å². The second kappa shape index (κ2) is 6.01. The van der Waals surface area contributed by atoms with E-state index in [1.165, 1.54) is 12.1 Å². The zero-order valence-corrected chi connectivity index (χ0v) is 9.63. The fourth-order valence-electron chi connectivity index (χ4n) is 1.32. The van der Waals surface area contributed by atoms with Gasteiger partial charge >= 0.3 is 6.36 Å². The molecule has 0 saturated carbocycles. The summed E-state index contributed by atoms with van der Waals surface area (Å²) in [6.45, 7) is 0.679. The molecule has 0 amide bonds. The molecule has 18 heavy (non-hydrogen) atoms. The molecule has 0 aromatic heterocycles. The topological polar surface area (TPSA) is 44.5 Å². The van der Waals surface area contributed by atoms with E-state index in [1.54, 1.807) is 6.92 Å². The normalized spacial score (nSPS) is 13.4. The quantitative estimate of drug-likeness (QED) is 0.659. The molecule has 2 N–H and O–H groups in total. The summed E-state index contributed by atoms with van der Waals surface area (Å²) in [4.78, 5) is 0. The molecule has 102 valence electrons. The van der Waals surface area contributed by atoms with Crippen LogP contribution in [0.5, 0.6) is 5.75 Å². The van der Waals surface area contributed by atoms with Crippen LogP contribution in [-0.4, -0.2) is 19.6 Å². The number of rotatable bonds is 5. The predicted molar refractivity (Wildman–Crippen MR) is 56.5 cm³/mol. The third kappa shape index (κ3) is 4.89. The first-order chi connectivity index (χ1) is 8.29. The number of benzene rings is 1. The van der Waals surface area contributed by atoms with Gasteiger partial charge in [-0.05, 0) is 25.1 Å². The van der Waals surface area contributed by atoms with Gasteiger partial charge in [-0.1, -0.05) is 0 Å². The molecule has 0 unspecified atom stereocenters. The van der Waals surface area contributed by atoms with Crippen LogP contribution in [0.1, 0.15) is 18.5 Å². The highest BCUT2D eigenvalue weighted by atomic mass is 19.4. The van der Waals surface area contributed by atoms with Gasteiger partial charge in [0.2, 0.25) is 0 Å². The Morgan fingerprint density at radius 3 is 2.50 bits per heavy atom. The van der Waals surface area contributed by atoms with Crippen LogP contribution in [-0.2, 0) is 4.74 Å². The Hall–Kier alpha value is -1.34.